The molecule has 0 bridgehead atoms. The van der Waals surface area contributed by atoms with Gasteiger partial charge in [0, 0.05) is 45.2 Å². The van der Waals surface area contributed by atoms with Crippen LogP contribution in [0.3, 0.4) is 0 Å². The fourth-order valence-corrected chi connectivity index (χ4v) is 2.55. The van der Waals surface area contributed by atoms with Gasteiger partial charge in [0.2, 0.25) is 0 Å². The van der Waals surface area contributed by atoms with Gasteiger partial charge in [0.05, 0.1) is 12.3 Å². The number of oxazole rings is 1. The van der Waals surface area contributed by atoms with Crippen molar-refractivity contribution in [3.8, 4) is 0 Å². The molecule has 1 atom stereocenters. The van der Waals surface area contributed by atoms with Gasteiger partial charge >= 0.3 is 0 Å². The summed E-state index contributed by atoms with van der Waals surface area (Å²) in [6.45, 7) is 6.85. The van der Waals surface area contributed by atoms with Crippen LogP contribution in [0.5, 0.6) is 0 Å². The lowest BCUT2D eigenvalue weighted by Gasteiger charge is -2.26. The van der Waals surface area contributed by atoms with E-state index in [-0.39, 0.29) is 0 Å². The van der Waals surface area contributed by atoms with E-state index in [1.165, 1.54) is 0 Å². The Labute approximate surface area is 101 Å². The predicted molar refractivity (Wildman–Crippen MR) is 62.8 cm³/mol. The topological polar surface area (TPSA) is 50.5 Å². The summed E-state index contributed by atoms with van der Waals surface area (Å²) in [5, 5.41) is 3.36. The highest BCUT2D eigenvalue weighted by Crippen LogP contribution is 2.28. The molecule has 2 aliphatic heterocycles. The molecule has 0 amide bonds. The molecule has 2 aliphatic rings. The number of ether oxygens (including phenoxy) is 1. The molecule has 5 heteroatoms. The van der Waals surface area contributed by atoms with Crippen LogP contribution in [0.4, 0.5) is 0 Å². The average Bonchev–Trinajstić information content (AvgIpc) is 3.00. The van der Waals surface area contributed by atoms with Crippen LogP contribution in [0, 0.1) is 0 Å². The summed E-state index contributed by atoms with van der Waals surface area (Å²) in [6.07, 6.45) is 2.63. The monoisotopic (exact) mass is 237 g/mol. The summed E-state index contributed by atoms with van der Waals surface area (Å²) in [4.78, 5) is 6.79. The highest BCUT2D eigenvalue weighted by atomic mass is 16.5. The second-order valence-electron chi connectivity index (χ2n) is 4.75. The summed E-state index contributed by atoms with van der Waals surface area (Å²) in [6, 6.07) is 0. The van der Waals surface area contributed by atoms with Crippen molar-refractivity contribution in [2.24, 2.45) is 0 Å². The summed E-state index contributed by atoms with van der Waals surface area (Å²) in [5.74, 6) is 1.46. The molecule has 0 radical (unpaired) electrons. The molecule has 2 saturated heterocycles. The van der Waals surface area contributed by atoms with Crippen molar-refractivity contribution < 1.29 is 9.15 Å². The number of piperazine rings is 1. The summed E-state index contributed by atoms with van der Waals surface area (Å²) in [7, 11) is 0. The van der Waals surface area contributed by atoms with Crippen LogP contribution >= 0.6 is 0 Å². The number of nitrogens with zero attached hydrogens (tertiary/aromatic N) is 2. The third kappa shape index (κ3) is 2.51. The first-order valence-electron chi connectivity index (χ1n) is 6.36. The van der Waals surface area contributed by atoms with E-state index in [1.54, 1.807) is 6.39 Å². The second-order valence-corrected chi connectivity index (χ2v) is 4.75. The van der Waals surface area contributed by atoms with Crippen molar-refractivity contribution in [3.63, 3.8) is 0 Å². The van der Waals surface area contributed by atoms with E-state index in [4.69, 9.17) is 9.15 Å². The van der Waals surface area contributed by atoms with Gasteiger partial charge in [0.25, 0.3) is 0 Å². The van der Waals surface area contributed by atoms with Gasteiger partial charge in [0.1, 0.15) is 5.76 Å². The Bertz CT molecular complexity index is 354. The van der Waals surface area contributed by atoms with Crippen LogP contribution in [-0.2, 0) is 11.3 Å². The van der Waals surface area contributed by atoms with E-state index >= 15 is 0 Å². The Morgan fingerprint density at radius 1 is 1.41 bits per heavy atom. The zero-order valence-corrected chi connectivity index (χ0v) is 10.0. The Morgan fingerprint density at radius 3 is 3.06 bits per heavy atom. The van der Waals surface area contributed by atoms with E-state index in [0.717, 1.165) is 63.8 Å². The van der Waals surface area contributed by atoms with Crippen LogP contribution in [-0.4, -0.2) is 49.3 Å². The standard InChI is InChI=1S/C12H19N3O2/c1-6-16-8-10(1)12-11(14-9-17-12)7-15-4-2-13-3-5-15/h9-10,13H,1-8H2. The maximum absolute atomic E-state index is 5.56. The van der Waals surface area contributed by atoms with Crippen molar-refractivity contribution in [2.75, 3.05) is 39.4 Å². The molecule has 5 nitrogen and oxygen atoms in total. The predicted octanol–water partition coefficient (Wildman–Crippen LogP) is 0.584. The van der Waals surface area contributed by atoms with Crippen LogP contribution in [0.25, 0.3) is 0 Å². The number of rotatable bonds is 3. The second kappa shape index (κ2) is 5.16. The minimum atomic E-state index is 0.412. The van der Waals surface area contributed by atoms with E-state index in [1.807, 2.05) is 0 Å². The maximum atomic E-state index is 5.56. The van der Waals surface area contributed by atoms with Gasteiger partial charge in [-0.05, 0) is 6.42 Å². The molecule has 1 N–H and O–H groups in total. The number of hydrogen-bond acceptors (Lipinski definition) is 5. The molecule has 0 saturated carbocycles. The maximum Gasteiger partial charge on any atom is 0.181 e. The molecule has 0 aromatic carbocycles. The van der Waals surface area contributed by atoms with E-state index in [2.05, 4.69) is 15.2 Å². The first-order chi connectivity index (χ1) is 8.43. The molecule has 3 heterocycles. The van der Waals surface area contributed by atoms with Gasteiger partial charge in [-0.25, -0.2) is 4.98 Å². The third-order valence-corrected chi connectivity index (χ3v) is 3.56. The van der Waals surface area contributed by atoms with Crippen LogP contribution < -0.4 is 5.32 Å². The molecule has 1 aromatic heterocycles. The summed E-state index contributed by atoms with van der Waals surface area (Å²) < 4.78 is 11.0. The van der Waals surface area contributed by atoms with Gasteiger partial charge in [-0.15, -0.1) is 0 Å². The van der Waals surface area contributed by atoms with Gasteiger partial charge in [-0.1, -0.05) is 0 Å². The molecule has 1 unspecified atom stereocenters. The van der Waals surface area contributed by atoms with Crippen LogP contribution in [0.15, 0.2) is 10.8 Å². The third-order valence-electron chi connectivity index (χ3n) is 3.56. The highest BCUT2D eigenvalue weighted by molar-refractivity contribution is 5.14. The fraction of sp³-hybridized carbons (Fsp3) is 0.750. The molecule has 0 spiro atoms. The molecule has 3 rings (SSSR count). The molecule has 2 fully saturated rings. The Balaban J connectivity index is 1.67. The Hall–Kier alpha value is -0.910. The van der Waals surface area contributed by atoms with E-state index < -0.39 is 0 Å². The Morgan fingerprint density at radius 2 is 2.29 bits per heavy atom. The minimum absolute atomic E-state index is 0.412. The molecule has 94 valence electrons. The van der Waals surface area contributed by atoms with Gasteiger partial charge in [-0.2, -0.15) is 0 Å². The molecular formula is C12H19N3O2. The first kappa shape index (κ1) is 11.2. The molecule has 1 aromatic rings. The van der Waals surface area contributed by atoms with Gasteiger partial charge < -0.3 is 14.5 Å². The van der Waals surface area contributed by atoms with Gasteiger partial charge in [-0.3, -0.25) is 4.90 Å². The molecular weight excluding hydrogens is 218 g/mol. The lowest BCUT2D eigenvalue weighted by molar-refractivity contribution is 0.190. The fourth-order valence-electron chi connectivity index (χ4n) is 2.55. The van der Waals surface area contributed by atoms with Crippen LogP contribution in [0.2, 0.25) is 0 Å². The smallest absolute Gasteiger partial charge is 0.181 e. The normalized spacial score (nSPS) is 26.5. The zero-order chi connectivity index (χ0) is 11.5. The Kier molecular flexibility index (Phi) is 3.40. The van der Waals surface area contributed by atoms with Crippen molar-refractivity contribution in [3.05, 3.63) is 17.8 Å². The minimum Gasteiger partial charge on any atom is -0.448 e. The summed E-state index contributed by atoms with van der Waals surface area (Å²) in [5.41, 5.74) is 1.10. The van der Waals surface area contributed by atoms with E-state index in [9.17, 15) is 0 Å². The highest BCUT2D eigenvalue weighted by Gasteiger charge is 2.25. The number of hydrogen-bond donors (Lipinski definition) is 1. The van der Waals surface area contributed by atoms with E-state index in [0.29, 0.717) is 5.92 Å². The van der Waals surface area contributed by atoms with Crippen molar-refractivity contribution >= 4 is 0 Å². The number of nitrogens with one attached hydrogen (secondary N) is 1. The quantitative estimate of drug-likeness (QED) is 0.833. The molecule has 0 aliphatic carbocycles. The summed E-state index contributed by atoms with van der Waals surface area (Å²) >= 11 is 0. The van der Waals surface area contributed by atoms with Crippen molar-refractivity contribution in [1.82, 2.24) is 15.2 Å². The molecule has 17 heavy (non-hydrogen) atoms. The first-order valence-corrected chi connectivity index (χ1v) is 6.36. The lowest BCUT2D eigenvalue weighted by Crippen LogP contribution is -2.43. The average molecular weight is 237 g/mol. The van der Waals surface area contributed by atoms with Crippen LogP contribution in [0.1, 0.15) is 23.8 Å². The number of aromatic nitrogens is 1. The van der Waals surface area contributed by atoms with Gasteiger partial charge in [0.15, 0.2) is 6.39 Å². The van der Waals surface area contributed by atoms with Crippen molar-refractivity contribution in [2.45, 2.75) is 18.9 Å². The zero-order valence-electron chi connectivity index (χ0n) is 10.0. The largest absolute Gasteiger partial charge is 0.448 e. The van der Waals surface area contributed by atoms with Crippen molar-refractivity contribution in [1.29, 1.82) is 0 Å². The SMILES string of the molecule is c1nc(CN2CCNCC2)c(C2CCOC2)o1. The lowest BCUT2D eigenvalue weighted by atomic mass is 10.0.